The maximum absolute atomic E-state index is 12.9. The van der Waals surface area contributed by atoms with E-state index >= 15 is 0 Å². The fourth-order valence-corrected chi connectivity index (χ4v) is 7.77. The molecule has 0 saturated heterocycles. The molecule has 2 atom stereocenters. The minimum absolute atomic E-state index is 0.0889. The van der Waals surface area contributed by atoms with E-state index in [0.717, 1.165) is 49.3 Å². The molecule has 0 aliphatic heterocycles. The molecule has 4 aliphatic rings. The largest absolute Gasteiger partial charge is 0.455 e. The lowest BCUT2D eigenvalue weighted by Crippen LogP contribution is -2.56. The zero-order valence-corrected chi connectivity index (χ0v) is 17.1. The summed E-state index contributed by atoms with van der Waals surface area (Å²) in [6, 6.07) is 5.44. The highest BCUT2D eigenvalue weighted by Gasteiger charge is 2.60. The summed E-state index contributed by atoms with van der Waals surface area (Å²) >= 11 is 5.01. The first-order chi connectivity index (χ1) is 12.9. The second-order valence-electron chi connectivity index (χ2n) is 8.45. The van der Waals surface area contributed by atoms with Crippen molar-refractivity contribution in [3.8, 4) is 0 Å². The third-order valence-electron chi connectivity index (χ3n) is 6.32. The zero-order chi connectivity index (χ0) is 18.6. The van der Waals surface area contributed by atoms with Gasteiger partial charge < -0.3 is 10.1 Å². The van der Waals surface area contributed by atoms with Crippen molar-refractivity contribution in [3.05, 3.63) is 18.2 Å². The van der Waals surface area contributed by atoms with Crippen molar-refractivity contribution in [1.29, 1.82) is 0 Å². The predicted molar refractivity (Wildman–Crippen MR) is 106 cm³/mol. The van der Waals surface area contributed by atoms with Gasteiger partial charge in [0.2, 0.25) is 0 Å². The number of fused-ring (bicyclic) bond motifs is 1. The van der Waals surface area contributed by atoms with Gasteiger partial charge >= 0.3 is 5.97 Å². The number of aromatic nitrogens is 2. The number of nitrogens with zero attached hydrogens (tertiary/aromatic N) is 2. The van der Waals surface area contributed by atoms with E-state index in [1.54, 1.807) is 6.07 Å². The summed E-state index contributed by atoms with van der Waals surface area (Å²) in [4.78, 5) is 25.3. The summed E-state index contributed by atoms with van der Waals surface area (Å²) in [6.45, 7) is -0.265. The maximum atomic E-state index is 12.9. The number of carbonyl (C=O) groups excluding carboxylic acids is 2. The van der Waals surface area contributed by atoms with E-state index < -0.39 is 5.41 Å². The van der Waals surface area contributed by atoms with Crippen molar-refractivity contribution in [3.63, 3.8) is 0 Å². The van der Waals surface area contributed by atoms with Crippen molar-refractivity contribution in [1.82, 2.24) is 8.75 Å². The molecule has 4 fully saturated rings. The molecule has 6 rings (SSSR count). The van der Waals surface area contributed by atoms with Crippen LogP contribution < -0.4 is 5.32 Å². The predicted octanol–water partition coefficient (Wildman–Crippen LogP) is 3.91. The second-order valence-corrected chi connectivity index (χ2v) is 10.7. The van der Waals surface area contributed by atoms with Gasteiger partial charge in [-0.05, 0) is 62.5 Å². The van der Waals surface area contributed by atoms with Gasteiger partial charge in [0.25, 0.3) is 5.91 Å². The third kappa shape index (κ3) is 3.06. The Morgan fingerprint density at radius 1 is 1.22 bits per heavy atom. The quantitative estimate of drug-likeness (QED) is 0.565. The molecular formula is C19H20BrN3O3S. The Hall–Kier alpha value is -1.54. The molecule has 4 aliphatic carbocycles. The number of hydrogen-bond donors (Lipinski definition) is 1. The number of rotatable bonds is 4. The van der Waals surface area contributed by atoms with Crippen LogP contribution in [-0.2, 0) is 14.3 Å². The number of halogens is 1. The lowest BCUT2D eigenvalue weighted by Gasteiger charge is -2.58. The number of amides is 1. The lowest BCUT2D eigenvalue weighted by molar-refractivity contribution is -0.170. The smallest absolute Gasteiger partial charge is 0.312 e. The Bertz CT molecular complexity index is 916. The van der Waals surface area contributed by atoms with E-state index in [1.807, 2.05) is 12.1 Å². The van der Waals surface area contributed by atoms with Crippen LogP contribution in [0.5, 0.6) is 0 Å². The highest BCUT2D eigenvalue weighted by Crippen LogP contribution is 2.64. The van der Waals surface area contributed by atoms with Gasteiger partial charge in [-0.25, -0.2) is 0 Å². The average Bonchev–Trinajstić information content (AvgIpc) is 3.07. The van der Waals surface area contributed by atoms with Gasteiger partial charge in [0.05, 0.1) is 22.8 Å². The van der Waals surface area contributed by atoms with Crippen LogP contribution in [0.4, 0.5) is 5.69 Å². The standard InChI is InChI=1S/C19H20BrN3O3S/c20-19-7-11-4-12(8-19)6-18(5-11,10-19)17(25)26-9-15(24)21-13-2-1-3-14-16(13)23-27-22-14/h1-3,11-12H,4-10H2,(H,21,24). The van der Waals surface area contributed by atoms with Crippen molar-refractivity contribution in [2.24, 2.45) is 17.3 Å². The fourth-order valence-electron chi connectivity index (χ4n) is 5.77. The number of esters is 1. The Morgan fingerprint density at radius 3 is 2.74 bits per heavy atom. The first-order valence-electron chi connectivity index (χ1n) is 9.32. The number of carbonyl (C=O) groups is 2. The fraction of sp³-hybridized carbons (Fsp3) is 0.579. The molecule has 142 valence electrons. The molecule has 4 bridgehead atoms. The van der Waals surface area contributed by atoms with Gasteiger partial charge in [0, 0.05) is 4.32 Å². The Kier molecular flexibility index (Phi) is 4.05. The molecular weight excluding hydrogens is 430 g/mol. The molecule has 4 saturated carbocycles. The van der Waals surface area contributed by atoms with Gasteiger partial charge in [0.1, 0.15) is 11.0 Å². The van der Waals surface area contributed by atoms with E-state index in [0.29, 0.717) is 23.0 Å². The Morgan fingerprint density at radius 2 is 2.00 bits per heavy atom. The summed E-state index contributed by atoms with van der Waals surface area (Å²) in [5.74, 6) is 0.648. The normalized spacial score (nSPS) is 34.0. The lowest BCUT2D eigenvalue weighted by atomic mass is 9.49. The number of nitrogens with one attached hydrogen (secondary N) is 1. The SMILES string of the molecule is O=C(COC(=O)C12CC3CC(CC(Br)(C3)C1)C2)Nc1cccc2nsnc12. The minimum Gasteiger partial charge on any atom is -0.455 e. The van der Waals surface area contributed by atoms with E-state index in [-0.39, 0.29) is 22.8 Å². The van der Waals surface area contributed by atoms with Crippen LogP contribution in [0.3, 0.4) is 0 Å². The van der Waals surface area contributed by atoms with Crippen LogP contribution in [0.1, 0.15) is 38.5 Å². The van der Waals surface area contributed by atoms with E-state index in [1.165, 1.54) is 6.42 Å². The zero-order valence-electron chi connectivity index (χ0n) is 14.7. The summed E-state index contributed by atoms with van der Waals surface area (Å²) in [6.07, 6.45) is 6.18. The molecule has 2 aromatic rings. The van der Waals surface area contributed by atoms with Gasteiger partial charge in [-0.2, -0.15) is 8.75 Å². The first-order valence-corrected chi connectivity index (χ1v) is 10.8. The monoisotopic (exact) mass is 449 g/mol. The minimum atomic E-state index is -0.410. The second kappa shape index (κ2) is 6.24. The summed E-state index contributed by atoms with van der Waals surface area (Å²) < 4.78 is 14.0. The van der Waals surface area contributed by atoms with Crippen molar-refractivity contribution in [2.45, 2.75) is 42.8 Å². The van der Waals surface area contributed by atoms with Crippen molar-refractivity contribution >= 4 is 56.3 Å². The van der Waals surface area contributed by atoms with E-state index in [2.05, 4.69) is 30.0 Å². The van der Waals surface area contributed by atoms with Crippen LogP contribution in [0.2, 0.25) is 0 Å². The molecule has 1 heterocycles. The van der Waals surface area contributed by atoms with Gasteiger partial charge in [-0.15, -0.1) is 0 Å². The van der Waals surface area contributed by atoms with Gasteiger partial charge in [-0.1, -0.05) is 22.0 Å². The third-order valence-corrected chi connectivity index (χ3v) is 7.79. The van der Waals surface area contributed by atoms with Gasteiger partial charge in [0.15, 0.2) is 6.61 Å². The molecule has 1 amide bonds. The average molecular weight is 450 g/mol. The van der Waals surface area contributed by atoms with Gasteiger partial charge in [-0.3, -0.25) is 9.59 Å². The van der Waals surface area contributed by atoms with E-state index in [4.69, 9.17) is 4.74 Å². The van der Waals surface area contributed by atoms with E-state index in [9.17, 15) is 9.59 Å². The number of benzene rings is 1. The molecule has 2 unspecified atom stereocenters. The molecule has 6 nitrogen and oxygen atoms in total. The highest BCUT2D eigenvalue weighted by atomic mass is 79.9. The molecule has 27 heavy (non-hydrogen) atoms. The summed E-state index contributed by atoms with van der Waals surface area (Å²) in [5, 5.41) is 2.79. The van der Waals surface area contributed by atoms with Crippen molar-refractivity contribution < 1.29 is 14.3 Å². The molecule has 1 N–H and O–H groups in total. The summed E-state index contributed by atoms with van der Waals surface area (Å²) in [7, 11) is 0. The Balaban J connectivity index is 1.24. The number of alkyl halides is 1. The van der Waals surface area contributed by atoms with Crippen LogP contribution in [0.15, 0.2) is 18.2 Å². The number of anilines is 1. The van der Waals surface area contributed by atoms with Crippen molar-refractivity contribution in [2.75, 3.05) is 11.9 Å². The molecule has 0 radical (unpaired) electrons. The number of ether oxygens (including phenoxy) is 1. The molecule has 1 aromatic heterocycles. The topological polar surface area (TPSA) is 81.2 Å². The Labute approximate surface area is 169 Å². The van der Waals surface area contributed by atoms with Crippen LogP contribution in [0.25, 0.3) is 11.0 Å². The molecule has 0 spiro atoms. The molecule has 1 aromatic carbocycles. The van der Waals surface area contributed by atoms with Crippen LogP contribution in [0, 0.1) is 17.3 Å². The first kappa shape index (κ1) is 17.6. The highest BCUT2D eigenvalue weighted by molar-refractivity contribution is 9.10. The van der Waals surface area contributed by atoms with Crippen LogP contribution in [-0.4, -0.2) is 31.6 Å². The summed E-state index contributed by atoms with van der Waals surface area (Å²) in [5.41, 5.74) is 1.58. The van der Waals surface area contributed by atoms with Crippen LogP contribution >= 0.6 is 27.7 Å². The number of hydrogen-bond acceptors (Lipinski definition) is 6. The molecule has 8 heteroatoms. The maximum Gasteiger partial charge on any atom is 0.312 e.